The fourth-order valence-electron chi connectivity index (χ4n) is 3.13. The summed E-state index contributed by atoms with van der Waals surface area (Å²) in [5, 5.41) is 29.0. The quantitative estimate of drug-likeness (QED) is 0.579. The molecule has 2 aromatic carbocycles. The van der Waals surface area contributed by atoms with E-state index in [4.69, 9.17) is 4.74 Å². The van der Waals surface area contributed by atoms with E-state index in [9.17, 15) is 29.6 Å². The van der Waals surface area contributed by atoms with E-state index in [0.717, 1.165) is 5.56 Å². The number of aromatic hydroxyl groups is 2. The van der Waals surface area contributed by atoms with Gasteiger partial charge in [-0.05, 0) is 17.7 Å². The van der Waals surface area contributed by atoms with Gasteiger partial charge in [0, 0.05) is 0 Å². The van der Waals surface area contributed by atoms with Gasteiger partial charge in [-0.15, -0.1) is 0 Å². The Morgan fingerprint density at radius 3 is 2.41 bits per heavy atom. The number of phenolic OH excluding ortho intramolecular Hbond substituents is 1. The summed E-state index contributed by atoms with van der Waals surface area (Å²) in [5.74, 6) is -1.67. The van der Waals surface area contributed by atoms with Crippen LogP contribution in [-0.4, -0.2) is 58.4 Å². The van der Waals surface area contributed by atoms with Crippen LogP contribution in [0.4, 0.5) is 0 Å². The normalized spacial score (nSPS) is 13.4. The number of ether oxygens (including phenoxy) is 1. The van der Waals surface area contributed by atoms with Gasteiger partial charge >= 0.3 is 126 Å². The molecule has 1 fully saturated rings. The van der Waals surface area contributed by atoms with Crippen LogP contribution in [0, 0.1) is 0 Å². The first-order chi connectivity index (χ1) is 13.9. The summed E-state index contributed by atoms with van der Waals surface area (Å²) in [6, 6.07) is 9.38. The summed E-state index contributed by atoms with van der Waals surface area (Å²) in [6.07, 6.45) is 0.225. The first kappa shape index (κ1) is 20.4. The third-order valence-corrected chi connectivity index (χ3v) is 4.75. The number of benzene rings is 2. The van der Waals surface area contributed by atoms with Crippen molar-refractivity contribution in [3.63, 3.8) is 0 Å². The van der Waals surface area contributed by atoms with Crippen molar-refractivity contribution in [1.29, 1.82) is 0 Å². The summed E-state index contributed by atoms with van der Waals surface area (Å²) in [5.41, 5.74) is 0.796. The van der Waals surface area contributed by atoms with Crippen molar-refractivity contribution in [1.82, 2.24) is 4.90 Å². The number of amides is 1. The predicted octanol–water partition coefficient (Wildman–Crippen LogP) is 1.64. The summed E-state index contributed by atoms with van der Waals surface area (Å²) < 4.78 is 16.2. The number of carboxylic acid groups (broad SMARTS) is 1. The monoisotopic (exact) mass is 397 g/mol. The third kappa shape index (κ3) is 4.74. The van der Waals surface area contributed by atoms with Crippen molar-refractivity contribution in [2.45, 2.75) is 25.3 Å². The van der Waals surface area contributed by atoms with Gasteiger partial charge in [0.15, 0.2) is 0 Å². The SMILES string of the molecule is O=BCCc1ccc(OC2CN(C(=O)Cc3ccc(O)cc3)C2)c(C(=O)O)c1O. The average Bonchev–Trinajstić information content (AvgIpc) is 2.65. The standard InChI is InChI=1S/C20H20BNO7/c23-14-4-1-12(2-5-14)9-17(24)22-10-15(11-22)29-16-6-3-13(7-8-21-28)19(25)18(16)20(26)27/h1-6,15,23,25H,7-11H2,(H,26,27). The Labute approximate surface area is 167 Å². The Balaban J connectivity index is 1.61. The molecule has 1 saturated heterocycles. The number of hydrogen-bond donors (Lipinski definition) is 3. The van der Waals surface area contributed by atoms with Crippen LogP contribution in [0.25, 0.3) is 0 Å². The Morgan fingerprint density at radius 2 is 1.79 bits per heavy atom. The van der Waals surface area contributed by atoms with Gasteiger partial charge in [0.2, 0.25) is 0 Å². The third-order valence-electron chi connectivity index (χ3n) is 4.75. The molecule has 3 N–H and O–H groups in total. The Bertz CT molecular complexity index is 923. The molecule has 1 amide bonds. The topological polar surface area (TPSA) is 124 Å². The molecule has 3 rings (SSSR count). The number of rotatable bonds is 8. The van der Waals surface area contributed by atoms with Crippen LogP contribution in [0.2, 0.25) is 6.32 Å². The first-order valence-corrected chi connectivity index (χ1v) is 9.13. The molecule has 0 bridgehead atoms. The van der Waals surface area contributed by atoms with Gasteiger partial charge in [0.05, 0.1) is 0 Å². The van der Waals surface area contributed by atoms with E-state index in [0.29, 0.717) is 25.8 Å². The van der Waals surface area contributed by atoms with Crippen molar-refractivity contribution in [2.24, 2.45) is 0 Å². The molecular formula is C20H20BNO7. The average molecular weight is 397 g/mol. The first-order valence-electron chi connectivity index (χ1n) is 9.13. The Kier molecular flexibility index (Phi) is 6.16. The van der Waals surface area contributed by atoms with Gasteiger partial charge in [-0.2, -0.15) is 0 Å². The van der Waals surface area contributed by atoms with Crippen LogP contribution in [0.5, 0.6) is 17.2 Å². The summed E-state index contributed by atoms with van der Waals surface area (Å²) in [7, 11) is 0.697. The summed E-state index contributed by atoms with van der Waals surface area (Å²) in [6.45, 7) is 0.618. The number of phenols is 2. The molecule has 0 aromatic heterocycles. The molecule has 0 unspecified atom stereocenters. The van der Waals surface area contributed by atoms with Crippen LogP contribution in [0.1, 0.15) is 21.5 Å². The molecule has 1 heterocycles. The van der Waals surface area contributed by atoms with E-state index < -0.39 is 11.7 Å². The van der Waals surface area contributed by atoms with Gasteiger partial charge < -0.3 is 5.11 Å². The molecule has 0 saturated carbocycles. The molecule has 1 aliphatic rings. The fourth-order valence-corrected chi connectivity index (χ4v) is 3.13. The van der Waals surface area contributed by atoms with Crippen molar-refractivity contribution < 1.29 is 34.4 Å². The zero-order chi connectivity index (χ0) is 21.0. The van der Waals surface area contributed by atoms with Crippen molar-refractivity contribution in [2.75, 3.05) is 13.1 Å². The molecule has 0 spiro atoms. The second-order valence-corrected chi connectivity index (χ2v) is 6.84. The number of carbonyl (C=O) groups excluding carboxylic acids is 1. The molecule has 2 aromatic rings. The number of carboxylic acids is 1. The van der Waals surface area contributed by atoms with Crippen LogP contribution in [-0.2, 0) is 22.3 Å². The molecule has 0 radical (unpaired) electrons. The second-order valence-electron chi connectivity index (χ2n) is 6.84. The Hall–Kier alpha value is -3.36. The van der Waals surface area contributed by atoms with Crippen LogP contribution >= 0.6 is 0 Å². The van der Waals surface area contributed by atoms with E-state index in [1.54, 1.807) is 17.0 Å². The van der Waals surface area contributed by atoms with Gasteiger partial charge in [-0.3, -0.25) is 0 Å². The van der Waals surface area contributed by atoms with Crippen LogP contribution in [0.3, 0.4) is 0 Å². The zero-order valence-electron chi connectivity index (χ0n) is 15.6. The molecule has 0 aliphatic carbocycles. The number of aromatic carboxylic acids is 1. The number of hydrogen-bond acceptors (Lipinski definition) is 6. The molecule has 0 atom stereocenters. The molecule has 150 valence electrons. The van der Waals surface area contributed by atoms with Gasteiger partial charge in [0.1, 0.15) is 5.75 Å². The van der Waals surface area contributed by atoms with Crippen molar-refractivity contribution in [3.8, 4) is 17.2 Å². The molecular weight excluding hydrogens is 377 g/mol. The second kappa shape index (κ2) is 8.77. The summed E-state index contributed by atoms with van der Waals surface area (Å²) >= 11 is 0. The van der Waals surface area contributed by atoms with E-state index in [-0.39, 0.29) is 48.2 Å². The number of likely N-dealkylation sites (tertiary alicyclic amines) is 1. The predicted molar refractivity (Wildman–Crippen MR) is 103 cm³/mol. The van der Waals surface area contributed by atoms with Crippen LogP contribution in [0.15, 0.2) is 36.4 Å². The van der Waals surface area contributed by atoms with Crippen LogP contribution < -0.4 is 4.74 Å². The molecule has 9 heteroatoms. The number of nitrogens with zero attached hydrogens (tertiary/aromatic N) is 1. The van der Waals surface area contributed by atoms with E-state index >= 15 is 0 Å². The molecule has 29 heavy (non-hydrogen) atoms. The maximum absolute atomic E-state index is 12.3. The zero-order valence-corrected chi connectivity index (χ0v) is 15.6. The van der Waals surface area contributed by atoms with Gasteiger partial charge in [-0.25, -0.2) is 0 Å². The molecule has 1 aliphatic heterocycles. The maximum atomic E-state index is 12.3. The van der Waals surface area contributed by atoms with Gasteiger partial charge in [0.25, 0.3) is 0 Å². The van der Waals surface area contributed by atoms with Gasteiger partial charge in [-0.1, -0.05) is 12.1 Å². The van der Waals surface area contributed by atoms with Crippen molar-refractivity contribution in [3.05, 3.63) is 53.1 Å². The van der Waals surface area contributed by atoms with E-state index in [1.807, 2.05) is 0 Å². The van der Waals surface area contributed by atoms with E-state index in [2.05, 4.69) is 0 Å². The number of carbonyl (C=O) groups is 2. The summed E-state index contributed by atoms with van der Waals surface area (Å²) in [4.78, 5) is 25.5. The fraction of sp³-hybridized carbons (Fsp3) is 0.300. The minimum absolute atomic E-state index is 0.0282. The minimum atomic E-state index is -1.33. The molecule has 8 nitrogen and oxygen atoms in total. The van der Waals surface area contributed by atoms with E-state index in [1.165, 1.54) is 24.3 Å². The van der Waals surface area contributed by atoms with Crippen molar-refractivity contribution >= 4 is 19.0 Å². The Morgan fingerprint density at radius 1 is 1.10 bits per heavy atom. The number of aryl methyl sites for hydroxylation is 1.